The molecule has 0 aromatic heterocycles. The van der Waals surface area contributed by atoms with E-state index in [4.69, 9.17) is 0 Å². The maximum atomic E-state index is 10.8. The van der Waals surface area contributed by atoms with Crippen molar-refractivity contribution in [1.82, 2.24) is 5.43 Å². The van der Waals surface area contributed by atoms with Gasteiger partial charge in [-0.05, 0) is 13.3 Å². The van der Waals surface area contributed by atoms with E-state index in [0.29, 0.717) is 0 Å². The average molecular weight is 158 g/mol. The predicted molar refractivity (Wildman–Crippen MR) is 37.2 cm³/mol. The van der Waals surface area contributed by atoms with Crippen molar-refractivity contribution in [1.29, 1.82) is 0 Å². The predicted octanol–water partition coefficient (Wildman–Crippen LogP) is -0.486. The molecule has 1 unspecified atom stereocenters. The number of carbonyl (C=O) groups excluding carboxylic acids is 2. The first-order valence-electron chi connectivity index (χ1n) is 3.14. The highest BCUT2D eigenvalue weighted by atomic mass is 16.3. The quantitative estimate of drug-likeness (QED) is 0.330. The zero-order valence-corrected chi connectivity index (χ0v) is 6.42. The van der Waals surface area contributed by atoms with Gasteiger partial charge in [-0.25, -0.2) is 10.2 Å². The van der Waals surface area contributed by atoms with Gasteiger partial charge in [0.05, 0.1) is 0 Å². The van der Waals surface area contributed by atoms with Crippen molar-refractivity contribution in [3.63, 3.8) is 0 Å². The van der Waals surface area contributed by atoms with Crippen LogP contribution in [0.25, 0.3) is 0 Å². The van der Waals surface area contributed by atoms with E-state index in [9.17, 15) is 14.7 Å². The first kappa shape index (κ1) is 9.81. The van der Waals surface area contributed by atoms with E-state index in [2.05, 4.69) is 5.10 Å². The molecule has 0 bridgehead atoms. The first-order valence-corrected chi connectivity index (χ1v) is 3.14. The van der Waals surface area contributed by atoms with Gasteiger partial charge in [-0.1, -0.05) is 12.0 Å². The SMILES string of the molecule is CCC(C)(O)C(=O)NN=C=O. The van der Waals surface area contributed by atoms with Crippen molar-refractivity contribution in [2.45, 2.75) is 25.9 Å². The molecule has 0 radical (unpaired) electrons. The van der Waals surface area contributed by atoms with Crippen LogP contribution in [0.2, 0.25) is 0 Å². The average Bonchev–Trinajstić information content (AvgIpc) is 2.00. The lowest BCUT2D eigenvalue weighted by Crippen LogP contribution is -2.41. The molecular formula is C6H10N2O3. The van der Waals surface area contributed by atoms with Crippen molar-refractivity contribution >= 4 is 12.0 Å². The molecule has 0 fully saturated rings. The summed E-state index contributed by atoms with van der Waals surface area (Å²) in [5, 5.41) is 12.0. The van der Waals surface area contributed by atoms with Gasteiger partial charge >= 0.3 is 0 Å². The Balaban J connectivity index is 4.12. The number of carbonyl (C=O) groups is 1. The molecule has 0 aliphatic heterocycles. The summed E-state index contributed by atoms with van der Waals surface area (Å²) >= 11 is 0. The molecule has 5 heteroatoms. The first-order chi connectivity index (χ1) is 5.04. The van der Waals surface area contributed by atoms with Crippen LogP contribution in [0.15, 0.2) is 5.10 Å². The normalized spacial score (nSPS) is 14.5. The fourth-order valence-electron chi connectivity index (χ4n) is 0.355. The summed E-state index contributed by atoms with van der Waals surface area (Å²) in [7, 11) is 0. The topological polar surface area (TPSA) is 78.8 Å². The molecule has 0 aliphatic carbocycles. The summed E-state index contributed by atoms with van der Waals surface area (Å²) in [6.07, 6.45) is 1.38. The third-order valence-corrected chi connectivity index (χ3v) is 1.38. The summed E-state index contributed by atoms with van der Waals surface area (Å²) in [6.45, 7) is 2.98. The van der Waals surface area contributed by atoms with Crippen LogP contribution in [0.1, 0.15) is 20.3 Å². The number of hydrogen-bond acceptors (Lipinski definition) is 4. The monoisotopic (exact) mass is 158 g/mol. The van der Waals surface area contributed by atoms with Crippen molar-refractivity contribution in [3.8, 4) is 0 Å². The summed E-state index contributed by atoms with van der Waals surface area (Å²) < 4.78 is 0. The van der Waals surface area contributed by atoms with Crippen molar-refractivity contribution in [2.24, 2.45) is 5.10 Å². The summed E-state index contributed by atoms with van der Waals surface area (Å²) in [4.78, 5) is 20.4. The molecule has 0 heterocycles. The lowest BCUT2D eigenvalue weighted by atomic mass is 10.0. The van der Waals surface area contributed by atoms with Crippen LogP contribution in [0.5, 0.6) is 0 Å². The van der Waals surface area contributed by atoms with E-state index in [1.165, 1.54) is 6.92 Å². The number of aliphatic hydroxyl groups is 1. The van der Waals surface area contributed by atoms with E-state index >= 15 is 0 Å². The Morgan fingerprint density at radius 2 is 2.36 bits per heavy atom. The molecule has 0 aliphatic rings. The summed E-state index contributed by atoms with van der Waals surface area (Å²) in [5.74, 6) is -0.705. The number of isocyanates is 1. The highest BCUT2D eigenvalue weighted by molar-refractivity contribution is 5.84. The van der Waals surface area contributed by atoms with Gasteiger partial charge in [0.25, 0.3) is 12.0 Å². The van der Waals surface area contributed by atoms with E-state index in [0.717, 1.165) is 6.08 Å². The zero-order valence-electron chi connectivity index (χ0n) is 6.42. The number of hydrazone groups is 1. The minimum Gasteiger partial charge on any atom is -0.380 e. The minimum absolute atomic E-state index is 0.257. The number of nitrogens with one attached hydrogen (secondary N) is 1. The van der Waals surface area contributed by atoms with Crippen LogP contribution in [0.3, 0.4) is 0 Å². The lowest BCUT2D eigenvalue weighted by molar-refractivity contribution is -0.138. The standard InChI is InChI=1S/C6H10N2O3/c1-3-6(2,11)5(10)8-7-4-9/h11H,3H2,1-2H3,(H,8,10). The highest BCUT2D eigenvalue weighted by Crippen LogP contribution is 2.07. The molecular weight excluding hydrogens is 148 g/mol. The molecule has 1 atom stereocenters. The summed E-state index contributed by atoms with van der Waals surface area (Å²) in [5.41, 5.74) is 0.364. The third-order valence-electron chi connectivity index (χ3n) is 1.38. The Labute approximate surface area is 64.1 Å². The van der Waals surface area contributed by atoms with Gasteiger partial charge in [-0.2, -0.15) is 0 Å². The molecule has 1 amide bonds. The van der Waals surface area contributed by atoms with Crippen LogP contribution in [-0.4, -0.2) is 22.7 Å². The van der Waals surface area contributed by atoms with Gasteiger partial charge < -0.3 is 5.11 Å². The number of amides is 1. The molecule has 2 N–H and O–H groups in total. The zero-order chi connectivity index (χ0) is 8.91. The van der Waals surface area contributed by atoms with Crippen molar-refractivity contribution in [3.05, 3.63) is 0 Å². The Kier molecular flexibility index (Phi) is 3.44. The molecule has 0 saturated carbocycles. The fourth-order valence-corrected chi connectivity index (χ4v) is 0.355. The van der Waals surface area contributed by atoms with Crippen LogP contribution in [0, 0.1) is 0 Å². The van der Waals surface area contributed by atoms with E-state index in [1.54, 1.807) is 6.92 Å². The summed E-state index contributed by atoms with van der Waals surface area (Å²) in [6, 6.07) is 0. The second-order valence-electron chi connectivity index (χ2n) is 2.27. The number of hydrogen-bond donors (Lipinski definition) is 2. The van der Waals surface area contributed by atoms with Crippen LogP contribution in [0.4, 0.5) is 0 Å². The second-order valence-corrected chi connectivity index (χ2v) is 2.27. The maximum Gasteiger partial charge on any atom is 0.272 e. The Hall–Kier alpha value is -1.19. The molecule has 11 heavy (non-hydrogen) atoms. The second kappa shape index (κ2) is 3.85. The number of rotatable bonds is 3. The number of nitrogens with zero attached hydrogens (tertiary/aromatic N) is 1. The van der Waals surface area contributed by atoms with Gasteiger partial charge in [0.15, 0.2) is 0 Å². The van der Waals surface area contributed by atoms with E-state index < -0.39 is 11.5 Å². The third kappa shape index (κ3) is 2.93. The highest BCUT2D eigenvalue weighted by Gasteiger charge is 2.27. The van der Waals surface area contributed by atoms with Gasteiger partial charge in [0.2, 0.25) is 0 Å². The maximum absolute atomic E-state index is 10.8. The molecule has 0 aromatic rings. The van der Waals surface area contributed by atoms with Crippen LogP contribution < -0.4 is 5.43 Å². The Morgan fingerprint density at radius 1 is 1.82 bits per heavy atom. The van der Waals surface area contributed by atoms with Crippen LogP contribution in [-0.2, 0) is 9.59 Å². The van der Waals surface area contributed by atoms with Gasteiger partial charge in [0, 0.05) is 0 Å². The van der Waals surface area contributed by atoms with Gasteiger partial charge in [-0.3, -0.25) is 4.79 Å². The Bertz CT molecular complexity index is 194. The van der Waals surface area contributed by atoms with Crippen molar-refractivity contribution in [2.75, 3.05) is 0 Å². The van der Waals surface area contributed by atoms with Gasteiger partial charge in [-0.15, -0.1) is 0 Å². The van der Waals surface area contributed by atoms with Crippen molar-refractivity contribution < 1.29 is 14.7 Å². The fraction of sp³-hybridized carbons (Fsp3) is 0.667. The molecule has 62 valence electrons. The smallest absolute Gasteiger partial charge is 0.272 e. The Morgan fingerprint density at radius 3 is 2.73 bits per heavy atom. The van der Waals surface area contributed by atoms with Crippen LogP contribution >= 0.6 is 0 Å². The van der Waals surface area contributed by atoms with Gasteiger partial charge in [0.1, 0.15) is 5.60 Å². The molecule has 0 spiro atoms. The minimum atomic E-state index is -1.47. The molecule has 0 rings (SSSR count). The lowest BCUT2D eigenvalue weighted by Gasteiger charge is -2.17. The largest absolute Gasteiger partial charge is 0.380 e. The molecule has 5 nitrogen and oxygen atoms in total. The molecule has 0 aromatic carbocycles. The van der Waals surface area contributed by atoms with E-state index in [1.807, 2.05) is 5.43 Å². The van der Waals surface area contributed by atoms with E-state index in [-0.39, 0.29) is 6.42 Å². The molecule has 0 saturated heterocycles.